The third kappa shape index (κ3) is 16.5. The van der Waals surface area contributed by atoms with Crippen LogP contribution in [0.3, 0.4) is 0 Å². The standard InChI is InChI=1S/C18H40NOP/c1-5-6-7-8-9-10-11-12-13-14-15-16-18(20-21)17-19(2,3)4/h18,21H,5-17H2,1-4H3. The van der Waals surface area contributed by atoms with Gasteiger partial charge in [-0.1, -0.05) is 77.6 Å². The molecule has 0 spiro atoms. The van der Waals surface area contributed by atoms with Crippen molar-refractivity contribution in [2.45, 2.75) is 90.1 Å². The largest absolute Gasteiger partial charge is 0.554 e. The SMILES string of the molecule is CCCCCCCCCCCCCC(C[N+](C)(C)C)O[PH-]. The molecule has 128 valence electrons. The molecule has 0 N–H and O–H groups in total. The first-order chi connectivity index (χ1) is 9.99. The number of likely N-dealkylation sites (N-methyl/N-ethyl adjacent to an activating group) is 1. The molecule has 0 aliphatic rings. The first-order valence-electron chi connectivity index (χ1n) is 9.12. The predicted molar refractivity (Wildman–Crippen MR) is 97.2 cm³/mol. The molecule has 2 nitrogen and oxygen atoms in total. The van der Waals surface area contributed by atoms with Gasteiger partial charge in [0, 0.05) is 0 Å². The fraction of sp³-hybridized carbons (Fsp3) is 1.00. The lowest BCUT2D eigenvalue weighted by Crippen LogP contribution is -2.41. The van der Waals surface area contributed by atoms with E-state index in [2.05, 4.69) is 37.5 Å². The second-order valence-electron chi connectivity index (χ2n) is 7.54. The average molecular weight is 317 g/mol. The Kier molecular flexibility index (Phi) is 14.2. The van der Waals surface area contributed by atoms with Crippen molar-refractivity contribution in [1.82, 2.24) is 0 Å². The smallest absolute Gasteiger partial charge is 0.102 e. The average Bonchev–Trinajstić information content (AvgIpc) is 2.42. The first kappa shape index (κ1) is 21.4. The molecular formula is C18H40NOP. The van der Waals surface area contributed by atoms with Crippen LogP contribution in [0.15, 0.2) is 0 Å². The molecule has 0 bridgehead atoms. The first-order valence-corrected chi connectivity index (χ1v) is 9.53. The van der Waals surface area contributed by atoms with E-state index in [1.165, 1.54) is 77.0 Å². The summed E-state index contributed by atoms with van der Waals surface area (Å²) in [5.74, 6) is 0. The highest BCUT2D eigenvalue weighted by atomic mass is 31.0. The molecule has 0 aromatic rings. The van der Waals surface area contributed by atoms with Crippen molar-refractivity contribution in [2.75, 3.05) is 27.7 Å². The fourth-order valence-electron chi connectivity index (χ4n) is 2.83. The summed E-state index contributed by atoms with van der Waals surface area (Å²) in [6, 6.07) is 0. The molecule has 0 aromatic heterocycles. The van der Waals surface area contributed by atoms with E-state index in [1.807, 2.05) is 0 Å². The molecule has 1 unspecified atom stereocenters. The highest BCUT2D eigenvalue weighted by Gasteiger charge is 2.14. The summed E-state index contributed by atoms with van der Waals surface area (Å²) in [5, 5.41) is 0. The summed E-state index contributed by atoms with van der Waals surface area (Å²) in [6.07, 6.45) is 17.0. The lowest BCUT2D eigenvalue weighted by atomic mass is 10.0. The Morgan fingerprint density at radius 3 is 1.57 bits per heavy atom. The van der Waals surface area contributed by atoms with Crippen molar-refractivity contribution in [3.05, 3.63) is 0 Å². The Labute approximate surface area is 136 Å². The highest BCUT2D eigenvalue weighted by Crippen LogP contribution is 2.15. The van der Waals surface area contributed by atoms with E-state index in [9.17, 15) is 0 Å². The van der Waals surface area contributed by atoms with Crippen LogP contribution in [0, 0.1) is 0 Å². The van der Waals surface area contributed by atoms with Crippen LogP contribution in [0.2, 0.25) is 0 Å². The summed E-state index contributed by atoms with van der Waals surface area (Å²) in [4.78, 5) is 0. The van der Waals surface area contributed by atoms with E-state index >= 15 is 0 Å². The molecule has 0 aromatic carbocycles. The van der Waals surface area contributed by atoms with E-state index in [0.717, 1.165) is 11.0 Å². The van der Waals surface area contributed by atoms with Gasteiger partial charge in [-0.05, 0) is 6.42 Å². The fourth-order valence-corrected chi connectivity index (χ4v) is 3.03. The minimum absolute atomic E-state index is 0.347. The molecule has 0 rings (SSSR count). The lowest BCUT2D eigenvalue weighted by molar-refractivity contribution is -0.873. The van der Waals surface area contributed by atoms with Gasteiger partial charge in [-0.25, -0.2) is 0 Å². The van der Waals surface area contributed by atoms with Gasteiger partial charge in [0.15, 0.2) is 0 Å². The quantitative estimate of drug-likeness (QED) is 0.209. The van der Waals surface area contributed by atoms with Crippen LogP contribution < -0.4 is 0 Å². The van der Waals surface area contributed by atoms with Gasteiger partial charge in [0.1, 0.15) is 6.54 Å². The molecule has 0 aliphatic heterocycles. The summed E-state index contributed by atoms with van der Waals surface area (Å²) in [6.45, 7) is 3.35. The van der Waals surface area contributed by atoms with E-state index < -0.39 is 0 Å². The Bertz CT molecular complexity index is 216. The van der Waals surface area contributed by atoms with Crippen molar-refractivity contribution in [3.8, 4) is 0 Å². The molecule has 0 saturated heterocycles. The van der Waals surface area contributed by atoms with Crippen molar-refractivity contribution >= 4 is 9.47 Å². The molecule has 0 amide bonds. The van der Waals surface area contributed by atoms with Gasteiger partial charge >= 0.3 is 0 Å². The summed E-state index contributed by atoms with van der Waals surface area (Å²) in [5.41, 5.74) is 0. The van der Waals surface area contributed by atoms with Gasteiger partial charge in [0.25, 0.3) is 0 Å². The van der Waals surface area contributed by atoms with Crippen LogP contribution in [0.5, 0.6) is 0 Å². The molecule has 1 atom stereocenters. The van der Waals surface area contributed by atoms with Gasteiger partial charge in [-0.15, -0.1) is 0 Å². The zero-order valence-electron chi connectivity index (χ0n) is 15.1. The summed E-state index contributed by atoms with van der Waals surface area (Å²) >= 11 is 0. The molecule has 0 radical (unpaired) electrons. The lowest BCUT2D eigenvalue weighted by Gasteiger charge is -2.31. The minimum Gasteiger partial charge on any atom is -0.554 e. The van der Waals surface area contributed by atoms with Gasteiger partial charge in [0.05, 0.1) is 27.2 Å². The molecule has 21 heavy (non-hydrogen) atoms. The molecule has 0 aliphatic carbocycles. The topological polar surface area (TPSA) is 9.23 Å². The minimum atomic E-state index is 0.347. The molecular weight excluding hydrogens is 277 g/mol. The van der Waals surface area contributed by atoms with Crippen molar-refractivity contribution in [3.63, 3.8) is 0 Å². The number of quaternary nitrogens is 1. The van der Waals surface area contributed by atoms with Crippen LogP contribution >= 0.6 is 9.47 Å². The van der Waals surface area contributed by atoms with Crippen molar-refractivity contribution in [1.29, 1.82) is 0 Å². The number of rotatable bonds is 15. The van der Waals surface area contributed by atoms with Crippen LogP contribution in [-0.4, -0.2) is 38.3 Å². The molecule has 0 saturated carbocycles. The Hall–Kier alpha value is 0.350. The summed E-state index contributed by atoms with van der Waals surface area (Å²) in [7, 11) is 9.90. The highest BCUT2D eigenvalue weighted by molar-refractivity contribution is 7.09. The maximum Gasteiger partial charge on any atom is 0.102 e. The van der Waals surface area contributed by atoms with Crippen LogP contribution in [0.4, 0.5) is 0 Å². The van der Waals surface area contributed by atoms with Gasteiger partial charge in [-0.3, -0.25) is 0 Å². The van der Waals surface area contributed by atoms with E-state index in [-0.39, 0.29) is 0 Å². The Morgan fingerprint density at radius 1 is 0.762 bits per heavy atom. The van der Waals surface area contributed by atoms with Crippen LogP contribution in [0.25, 0.3) is 0 Å². The van der Waals surface area contributed by atoms with Gasteiger partial charge in [0.2, 0.25) is 0 Å². The Balaban J connectivity index is 3.31. The normalized spacial score (nSPS) is 13.6. The van der Waals surface area contributed by atoms with Crippen LogP contribution in [-0.2, 0) is 4.52 Å². The van der Waals surface area contributed by atoms with Crippen LogP contribution in [0.1, 0.15) is 84.0 Å². The molecule has 3 heteroatoms. The second-order valence-corrected chi connectivity index (χ2v) is 7.77. The number of hydrogen-bond donors (Lipinski definition) is 0. The third-order valence-electron chi connectivity index (χ3n) is 4.05. The Morgan fingerprint density at radius 2 is 1.19 bits per heavy atom. The predicted octanol–water partition coefficient (Wildman–Crippen LogP) is 5.84. The van der Waals surface area contributed by atoms with E-state index in [1.54, 1.807) is 0 Å². The maximum absolute atomic E-state index is 5.41. The zero-order valence-corrected chi connectivity index (χ0v) is 16.1. The maximum atomic E-state index is 5.41. The number of nitrogens with zero attached hydrogens (tertiary/aromatic N) is 1. The van der Waals surface area contributed by atoms with E-state index in [0.29, 0.717) is 6.10 Å². The third-order valence-corrected chi connectivity index (χ3v) is 4.38. The van der Waals surface area contributed by atoms with Gasteiger partial charge in [-0.2, -0.15) is 0 Å². The number of hydrogen-bond acceptors (Lipinski definition) is 1. The van der Waals surface area contributed by atoms with E-state index in [4.69, 9.17) is 4.52 Å². The molecule has 0 fully saturated rings. The van der Waals surface area contributed by atoms with Gasteiger partial charge < -0.3 is 18.5 Å². The number of unbranched alkanes of at least 4 members (excludes halogenated alkanes) is 10. The monoisotopic (exact) mass is 317 g/mol. The summed E-state index contributed by atoms with van der Waals surface area (Å²) < 4.78 is 6.37. The van der Waals surface area contributed by atoms with Crippen molar-refractivity contribution < 1.29 is 9.01 Å². The second kappa shape index (κ2) is 14.0. The molecule has 0 heterocycles. The zero-order chi connectivity index (χ0) is 16.0. The van der Waals surface area contributed by atoms with Crippen molar-refractivity contribution in [2.24, 2.45) is 0 Å².